The number of benzene rings is 2. The fourth-order valence-electron chi connectivity index (χ4n) is 4.34. The topological polar surface area (TPSA) is 63.1 Å². The van der Waals surface area contributed by atoms with Crippen molar-refractivity contribution in [3.63, 3.8) is 0 Å². The number of aromatic nitrogens is 3. The number of alkyl halides is 3. The van der Waals surface area contributed by atoms with Crippen LogP contribution in [0.1, 0.15) is 72.3 Å². The first kappa shape index (κ1) is 28.3. The molecule has 1 heterocycles. The molecule has 1 aromatic heterocycles. The number of nitrogens with zero attached hydrogens (tertiary/aromatic N) is 4. The summed E-state index contributed by atoms with van der Waals surface area (Å²) < 4.78 is 44.8. The van der Waals surface area contributed by atoms with Gasteiger partial charge in [-0.3, -0.25) is 14.3 Å². The second-order valence-electron chi connectivity index (χ2n) is 9.28. The fourth-order valence-corrected chi connectivity index (χ4v) is 4.34. The van der Waals surface area contributed by atoms with Crippen LogP contribution in [0.3, 0.4) is 0 Å². The molecule has 37 heavy (non-hydrogen) atoms. The van der Waals surface area contributed by atoms with E-state index in [0.717, 1.165) is 12.5 Å². The van der Waals surface area contributed by atoms with E-state index in [9.17, 15) is 18.0 Å². The number of hydrogen-bond donors (Lipinski definition) is 1. The van der Waals surface area contributed by atoms with Crippen molar-refractivity contribution in [2.75, 3.05) is 14.1 Å². The second-order valence-corrected chi connectivity index (χ2v) is 9.28. The van der Waals surface area contributed by atoms with Crippen molar-refractivity contribution in [3.8, 4) is 5.69 Å². The zero-order valence-corrected chi connectivity index (χ0v) is 21.7. The van der Waals surface area contributed by atoms with E-state index in [2.05, 4.69) is 22.1 Å². The van der Waals surface area contributed by atoms with E-state index < -0.39 is 17.5 Å². The minimum Gasteiger partial charge on any atom is -0.307 e. The Hall–Kier alpha value is -3.30. The number of para-hydroxylation sites is 1. The molecular weight excluding hydrogens is 479 g/mol. The molecule has 0 saturated heterocycles. The predicted octanol–water partition coefficient (Wildman–Crippen LogP) is 5.97. The molecule has 2 atom stereocenters. The highest BCUT2D eigenvalue weighted by atomic mass is 19.4. The normalized spacial score (nSPS) is 13.5. The monoisotopic (exact) mass is 513 g/mol. The van der Waals surface area contributed by atoms with E-state index in [4.69, 9.17) is 0 Å². The van der Waals surface area contributed by atoms with Crippen LogP contribution in [0.15, 0.2) is 61.2 Å². The predicted molar refractivity (Wildman–Crippen MR) is 139 cm³/mol. The van der Waals surface area contributed by atoms with Gasteiger partial charge in [0.25, 0.3) is 0 Å². The van der Waals surface area contributed by atoms with E-state index >= 15 is 0 Å². The molecule has 0 radical (unpaired) electrons. The number of carbonyl (C=O) groups excluding carboxylic acids is 1. The average molecular weight is 514 g/mol. The molecule has 3 aromatic rings. The largest absolute Gasteiger partial charge is 0.418 e. The first-order valence-electron chi connectivity index (χ1n) is 12.3. The Kier molecular flexibility index (Phi) is 9.39. The van der Waals surface area contributed by atoms with Crippen LogP contribution in [-0.4, -0.2) is 45.6 Å². The summed E-state index contributed by atoms with van der Waals surface area (Å²) in [6.07, 6.45) is -0.818. The molecule has 0 aliphatic heterocycles. The zero-order valence-electron chi connectivity index (χ0n) is 21.7. The van der Waals surface area contributed by atoms with Gasteiger partial charge in [-0.1, -0.05) is 55.8 Å². The van der Waals surface area contributed by atoms with Gasteiger partial charge in [-0.25, -0.2) is 0 Å². The van der Waals surface area contributed by atoms with Crippen molar-refractivity contribution in [1.29, 1.82) is 0 Å². The van der Waals surface area contributed by atoms with Crippen molar-refractivity contribution < 1.29 is 18.0 Å². The van der Waals surface area contributed by atoms with Crippen molar-refractivity contribution in [2.24, 2.45) is 0 Å². The first-order chi connectivity index (χ1) is 17.6. The van der Waals surface area contributed by atoms with Crippen molar-refractivity contribution in [1.82, 2.24) is 25.0 Å². The Morgan fingerprint density at radius 2 is 1.84 bits per heavy atom. The van der Waals surface area contributed by atoms with Gasteiger partial charge in [0.2, 0.25) is 0 Å². The van der Waals surface area contributed by atoms with Crippen LogP contribution in [0, 0.1) is 0 Å². The summed E-state index contributed by atoms with van der Waals surface area (Å²) >= 11 is 0. The molecule has 198 valence electrons. The minimum atomic E-state index is -4.71. The Labute approximate surface area is 216 Å². The van der Waals surface area contributed by atoms with E-state index in [1.807, 2.05) is 32.8 Å². The standard InChI is InChI=1S/C28H34F3N5O/c1-6-12-19(3)32-18-24-33-34-27(23(13-7-2)35(4)5)36(24)25-21(16-11-17-22(25)28(29,30)31)26(37)20-14-9-8-10-15-20/h6,8-11,14-17,19,23,32H,1,7,12-13,18H2,2-5H3. The molecule has 0 spiro atoms. The minimum absolute atomic E-state index is 0.0228. The maximum Gasteiger partial charge on any atom is 0.418 e. The van der Waals surface area contributed by atoms with Crippen molar-refractivity contribution in [2.45, 2.75) is 57.9 Å². The molecular formula is C28H34F3N5O. The Morgan fingerprint density at radius 3 is 2.43 bits per heavy atom. The van der Waals surface area contributed by atoms with Gasteiger partial charge in [0.05, 0.1) is 23.8 Å². The first-order valence-corrected chi connectivity index (χ1v) is 12.3. The maximum absolute atomic E-state index is 14.5. The summed E-state index contributed by atoms with van der Waals surface area (Å²) in [5, 5.41) is 12.0. The molecule has 9 heteroatoms. The third-order valence-corrected chi connectivity index (χ3v) is 6.21. The molecule has 0 amide bonds. The molecule has 0 aliphatic rings. The molecule has 0 saturated carbocycles. The van der Waals surface area contributed by atoms with Gasteiger partial charge in [-0.05, 0) is 46.0 Å². The number of nitrogens with one attached hydrogen (secondary N) is 1. The summed E-state index contributed by atoms with van der Waals surface area (Å²) in [4.78, 5) is 15.5. The Morgan fingerprint density at radius 1 is 1.14 bits per heavy atom. The number of ketones is 1. The molecule has 3 rings (SSSR count). The molecule has 0 aliphatic carbocycles. The van der Waals surface area contributed by atoms with E-state index in [0.29, 0.717) is 30.1 Å². The van der Waals surface area contributed by atoms with Crippen LogP contribution >= 0.6 is 0 Å². The maximum atomic E-state index is 14.5. The molecule has 0 bridgehead atoms. The highest BCUT2D eigenvalue weighted by Gasteiger charge is 2.38. The number of rotatable bonds is 12. The van der Waals surface area contributed by atoms with Crippen LogP contribution in [-0.2, 0) is 12.7 Å². The van der Waals surface area contributed by atoms with Gasteiger partial charge >= 0.3 is 6.18 Å². The lowest BCUT2D eigenvalue weighted by Gasteiger charge is -2.26. The molecule has 6 nitrogen and oxygen atoms in total. The van der Waals surface area contributed by atoms with Crippen LogP contribution in [0.2, 0.25) is 0 Å². The number of halogens is 3. The summed E-state index contributed by atoms with van der Waals surface area (Å²) in [7, 11) is 3.71. The molecule has 2 aromatic carbocycles. The average Bonchev–Trinajstić information content (AvgIpc) is 3.28. The Bertz CT molecular complexity index is 1200. The van der Waals surface area contributed by atoms with Crippen LogP contribution < -0.4 is 5.32 Å². The van der Waals surface area contributed by atoms with Gasteiger partial charge in [0.15, 0.2) is 17.4 Å². The van der Waals surface area contributed by atoms with E-state index in [1.165, 1.54) is 16.7 Å². The lowest BCUT2D eigenvalue weighted by atomic mass is 9.97. The van der Waals surface area contributed by atoms with Gasteiger partial charge in [0, 0.05) is 17.2 Å². The lowest BCUT2D eigenvalue weighted by Crippen LogP contribution is -2.29. The van der Waals surface area contributed by atoms with Gasteiger partial charge in [-0.2, -0.15) is 13.2 Å². The van der Waals surface area contributed by atoms with Gasteiger partial charge in [0.1, 0.15) is 0 Å². The highest BCUT2D eigenvalue weighted by Crippen LogP contribution is 2.38. The van der Waals surface area contributed by atoms with Gasteiger partial charge < -0.3 is 5.32 Å². The second kappa shape index (κ2) is 12.3. The van der Waals surface area contributed by atoms with Crippen LogP contribution in [0.4, 0.5) is 13.2 Å². The molecule has 1 N–H and O–H groups in total. The lowest BCUT2D eigenvalue weighted by molar-refractivity contribution is -0.137. The molecule has 0 fully saturated rings. The van der Waals surface area contributed by atoms with E-state index in [1.54, 1.807) is 36.4 Å². The van der Waals surface area contributed by atoms with Crippen LogP contribution in [0.25, 0.3) is 5.69 Å². The zero-order chi connectivity index (χ0) is 27.2. The third kappa shape index (κ3) is 6.53. The van der Waals surface area contributed by atoms with Crippen molar-refractivity contribution >= 4 is 5.78 Å². The Balaban J connectivity index is 2.32. The quantitative estimate of drug-likeness (QED) is 0.239. The third-order valence-electron chi connectivity index (χ3n) is 6.21. The highest BCUT2D eigenvalue weighted by molar-refractivity contribution is 6.11. The van der Waals surface area contributed by atoms with Gasteiger partial charge in [-0.15, -0.1) is 16.8 Å². The number of carbonyl (C=O) groups is 1. The summed E-state index contributed by atoms with van der Waals surface area (Å²) in [6, 6.07) is 11.7. The van der Waals surface area contributed by atoms with Crippen molar-refractivity contribution in [3.05, 3.63) is 89.5 Å². The van der Waals surface area contributed by atoms with Crippen LogP contribution in [0.5, 0.6) is 0 Å². The number of hydrogen-bond acceptors (Lipinski definition) is 5. The SMILES string of the molecule is C=CCC(C)NCc1nnc(C(CCC)N(C)C)n1-c1c(C(=O)c2ccccc2)cccc1C(F)(F)F. The smallest absolute Gasteiger partial charge is 0.307 e. The van der Waals surface area contributed by atoms with E-state index in [-0.39, 0.29) is 29.9 Å². The summed E-state index contributed by atoms with van der Waals surface area (Å²) in [5.41, 5.74) is -0.920. The molecule has 2 unspecified atom stereocenters. The summed E-state index contributed by atoms with van der Waals surface area (Å²) in [5.74, 6) is 0.156. The fraction of sp³-hybridized carbons (Fsp3) is 0.393. The summed E-state index contributed by atoms with van der Waals surface area (Å²) in [6.45, 7) is 7.87.